The number of aliphatic hydroxyl groups is 1. The van der Waals surface area contributed by atoms with Crippen molar-refractivity contribution in [1.29, 1.82) is 0 Å². The van der Waals surface area contributed by atoms with Gasteiger partial charge >= 0.3 is 0 Å². The van der Waals surface area contributed by atoms with Crippen LogP contribution in [0, 0.1) is 13.8 Å². The summed E-state index contributed by atoms with van der Waals surface area (Å²) in [6.45, 7) is 9.63. The third-order valence-electron chi connectivity index (χ3n) is 4.49. The minimum atomic E-state index is -0.818. The number of H-pyrrole nitrogens is 1. The van der Waals surface area contributed by atoms with E-state index in [0.717, 1.165) is 51.2 Å². The third-order valence-corrected chi connectivity index (χ3v) is 4.49. The summed E-state index contributed by atoms with van der Waals surface area (Å²) in [5, 5.41) is 16.1. The van der Waals surface area contributed by atoms with E-state index in [1.54, 1.807) is 0 Å². The van der Waals surface area contributed by atoms with E-state index in [2.05, 4.69) is 16.2 Å². The highest BCUT2D eigenvalue weighted by molar-refractivity contribution is 5.92. The molecule has 0 spiro atoms. The van der Waals surface area contributed by atoms with Crippen molar-refractivity contribution in [2.24, 2.45) is 5.73 Å². The Hall–Kier alpha value is -2.11. The van der Waals surface area contributed by atoms with Crippen LogP contribution in [0.1, 0.15) is 49.5 Å². The Morgan fingerprint density at radius 1 is 1.33 bits per heavy atom. The highest BCUT2D eigenvalue weighted by Crippen LogP contribution is 2.40. The van der Waals surface area contributed by atoms with Gasteiger partial charge in [0.05, 0.1) is 23.1 Å². The van der Waals surface area contributed by atoms with Gasteiger partial charge in [-0.1, -0.05) is 23.7 Å². The first-order valence-electron chi connectivity index (χ1n) is 8.28. The quantitative estimate of drug-likeness (QED) is 0.680. The van der Waals surface area contributed by atoms with Crippen molar-refractivity contribution in [2.75, 3.05) is 0 Å². The van der Waals surface area contributed by atoms with Gasteiger partial charge in [0.1, 0.15) is 5.76 Å². The number of aliphatic hydroxyl groups excluding tert-OH is 1. The number of fused-ring (bicyclic) bond motifs is 1. The van der Waals surface area contributed by atoms with Crippen LogP contribution in [0.4, 0.5) is 0 Å². The van der Waals surface area contributed by atoms with Gasteiger partial charge in [-0.05, 0) is 46.2 Å². The molecule has 3 rings (SSSR count). The van der Waals surface area contributed by atoms with Crippen LogP contribution < -0.4 is 5.73 Å². The maximum absolute atomic E-state index is 11.0. The minimum absolute atomic E-state index is 0.735. The lowest BCUT2D eigenvalue weighted by Crippen LogP contribution is -2.39. The predicted molar refractivity (Wildman–Crippen MR) is 95.9 cm³/mol. The molecule has 4 N–H and O–H groups in total. The normalized spacial score (nSPS) is 13.6. The Labute approximate surface area is 141 Å². The van der Waals surface area contributed by atoms with Crippen LogP contribution in [0.25, 0.3) is 22.2 Å². The smallest absolute Gasteiger partial charge is 0.143 e. The zero-order chi connectivity index (χ0) is 17.6. The van der Waals surface area contributed by atoms with E-state index in [-0.39, 0.29) is 0 Å². The fourth-order valence-corrected chi connectivity index (χ4v) is 3.16. The molecule has 0 aliphatic carbocycles. The summed E-state index contributed by atoms with van der Waals surface area (Å²) in [5.41, 5.74) is 11.0. The summed E-state index contributed by atoms with van der Waals surface area (Å²) in [6.07, 6.45) is -0.0649. The van der Waals surface area contributed by atoms with Crippen molar-refractivity contribution < 1.29 is 9.63 Å². The number of aromatic nitrogens is 2. The number of benzene rings is 1. The maximum Gasteiger partial charge on any atom is 0.143 e. The van der Waals surface area contributed by atoms with Gasteiger partial charge in [-0.2, -0.15) is 0 Å². The monoisotopic (exact) mass is 327 g/mol. The van der Waals surface area contributed by atoms with Gasteiger partial charge in [0.2, 0.25) is 0 Å². The van der Waals surface area contributed by atoms with E-state index >= 15 is 0 Å². The van der Waals surface area contributed by atoms with Crippen LogP contribution in [0.5, 0.6) is 0 Å². The van der Waals surface area contributed by atoms with Crippen molar-refractivity contribution in [2.45, 2.75) is 52.7 Å². The molecule has 2 heterocycles. The standard InChI is InChI=1S/C19H25N3O2/c1-6-13-15(11(3)24-22-13)17-16(18(23)19(4,5)20)12-9-10(2)7-8-14(12)21-17/h7-9,18,21,23H,6,20H2,1-5H3. The van der Waals surface area contributed by atoms with Gasteiger partial charge in [0, 0.05) is 22.0 Å². The van der Waals surface area contributed by atoms with Gasteiger partial charge in [-0.15, -0.1) is 0 Å². The van der Waals surface area contributed by atoms with Crippen molar-refractivity contribution in [3.05, 3.63) is 40.8 Å². The molecular formula is C19H25N3O2. The van der Waals surface area contributed by atoms with Gasteiger partial charge in [0.25, 0.3) is 0 Å². The first kappa shape index (κ1) is 16.7. The average Bonchev–Trinajstić information content (AvgIpc) is 3.04. The largest absolute Gasteiger partial charge is 0.386 e. The lowest BCUT2D eigenvalue weighted by Gasteiger charge is -2.26. The fraction of sp³-hybridized carbons (Fsp3) is 0.421. The summed E-state index contributed by atoms with van der Waals surface area (Å²) in [4.78, 5) is 3.45. The van der Waals surface area contributed by atoms with Crippen LogP contribution in [-0.2, 0) is 6.42 Å². The summed E-state index contributed by atoms with van der Waals surface area (Å²) in [5.74, 6) is 0.735. The molecule has 0 bridgehead atoms. The average molecular weight is 327 g/mol. The van der Waals surface area contributed by atoms with E-state index < -0.39 is 11.6 Å². The Morgan fingerprint density at radius 2 is 2.04 bits per heavy atom. The van der Waals surface area contributed by atoms with Gasteiger partial charge < -0.3 is 20.3 Å². The van der Waals surface area contributed by atoms with E-state index in [9.17, 15) is 5.11 Å². The molecule has 1 aromatic carbocycles. The van der Waals surface area contributed by atoms with Crippen molar-refractivity contribution in [3.63, 3.8) is 0 Å². The van der Waals surface area contributed by atoms with Crippen LogP contribution in [0.2, 0.25) is 0 Å². The summed E-state index contributed by atoms with van der Waals surface area (Å²) >= 11 is 0. The first-order chi connectivity index (χ1) is 11.2. The molecule has 0 saturated heterocycles. The lowest BCUT2D eigenvalue weighted by atomic mass is 9.88. The van der Waals surface area contributed by atoms with Gasteiger partial charge in [0.15, 0.2) is 0 Å². The lowest BCUT2D eigenvalue weighted by molar-refractivity contribution is 0.106. The Bertz CT molecular complexity index is 884. The molecule has 2 aromatic heterocycles. The van der Waals surface area contributed by atoms with Crippen molar-refractivity contribution >= 4 is 10.9 Å². The number of nitrogens with one attached hydrogen (secondary N) is 1. The van der Waals surface area contributed by atoms with Crippen LogP contribution >= 0.6 is 0 Å². The van der Waals surface area contributed by atoms with E-state index in [4.69, 9.17) is 10.3 Å². The summed E-state index contributed by atoms with van der Waals surface area (Å²) in [7, 11) is 0. The highest BCUT2D eigenvalue weighted by Gasteiger charge is 2.32. The second-order valence-corrected chi connectivity index (χ2v) is 7.10. The molecule has 0 radical (unpaired) electrons. The SMILES string of the molecule is CCc1noc(C)c1-c1[nH]c2ccc(C)cc2c1C(O)C(C)(C)N. The number of hydrogen-bond donors (Lipinski definition) is 3. The topological polar surface area (TPSA) is 88.1 Å². The number of hydrogen-bond acceptors (Lipinski definition) is 4. The Balaban J connectivity index is 2.37. The highest BCUT2D eigenvalue weighted by atomic mass is 16.5. The minimum Gasteiger partial charge on any atom is -0.386 e. The molecule has 5 heteroatoms. The van der Waals surface area contributed by atoms with Crippen LogP contribution in [0.15, 0.2) is 22.7 Å². The van der Waals surface area contributed by atoms with E-state index in [1.165, 1.54) is 0 Å². The second kappa shape index (κ2) is 5.76. The molecule has 0 amide bonds. The molecular weight excluding hydrogens is 302 g/mol. The van der Waals surface area contributed by atoms with E-state index in [1.807, 2.05) is 46.8 Å². The molecule has 0 saturated carbocycles. The van der Waals surface area contributed by atoms with Gasteiger partial charge in [-0.25, -0.2) is 0 Å². The summed E-state index contributed by atoms with van der Waals surface area (Å²) in [6, 6.07) is 6.16. The van der Waals surface area contributed by atoms with Crippen LogP contribution in [0.3, 0.4) is 0 Å². The predicted octanol–water partition coefficient (Wildman–Crippen LogP) is 3.77. The van der Waals surface area contributed by atoms with E-state index in [0.29, 0.717) is 0 Å². The number of rotatable bonds is 4. The summed E-state index contributed by atoms with van der Waals surface area (Å²) < 4.78 is 5.40. The Morgan fingerprint density at radius 3 is 2.67 bits per heavy atom. The van der Waals surface area contributed by atoms with Crippen molar-refractivity contribution in [1.82, 2.24) is 10.1 Å². The molecule has 0 aliphatic heterocycles. The third kappa shape index (κ3) is 2.64. The number of nitrogens with two attached hydrogens (primary N) is 1. The van der Waals surface area contributed by atoms with Crippen molar-refractivity contribution in [3.8, 4) is 11.3 Å². The molecule has 128 valence electrons. The van der Waals surface area contributed by atoms with Crippen LogP contribution in [-0.4, -0.2) is 20.8 Å². The number of nitrogens with zero attached hydrogens (tertiary/aromatic N) is 1. The molecule has 1 atom stereocenters. The molecule has 0 aliphatic rings. The molecule has 1 unspecified atom stereocenters. The molecule has 24 heavy (non-hydrogen) atoms. The molecule has 0 fully saturated rings. The maximum atomic E-state index is 11.0. The fourth-order valence-electron chi connectivity index (χ4n) is 3.16. The zero-order valence-electron chi connectivity index (χ0n) is 14.9. The Kier molecular flexibility index (Phi) is 4.01. The number of aryl methyl sites for hydroxylation is 3. The second-order valence-electron chi connectivity index (χ2n) is 7.10. The van der Waals surface area contributed by atoms with Gasteiger partial charge in [-0.3, -0.25) is 0 Å². The zero-order valence-corrected chi connectivity index (χ0v) is 14.9. The first-order valence-corrected chi connectivity index (χ1v) is 8.28. The molecule has 5 nitrogen and oxygen atoms in total. The number of aromatic amines is 1. The molecule has 3 aromatic rings.